The lowest BCUT2D eigenvalue weighted by Gasteiger charge is -2.02. The maximum absolute atomic E-state index is 11.7. The van der Waals surface area contributed by atoms with Gasteiger partial charge in [-0.1, -0.05) is 41.6 Å². The molecule has 3 aromatic rings. The van der Waals surface area contributed by atoms with Crippen molar-refractivity contribution in [2.75, 3.05) is 6.61 Å². The molecule has 23 heavy (non-hydrogen) atoms. The lowest BCUT2D eigenvalue weighted by Crippen LogP contribution is -2.04. The third-order valence-corrected chi connectivity index (χ3v) is 4.07. The van der Waals surface area contributed by atoms with Gasteiger partial charge in [0.15, 0.2) is 11.5 Å². The van der Waals surface area contributed by atoms with E-state index < -0.39 is 5.97 Å². The highest BCUT2D eigenvalue weighted by Crippen LogP contribution is 2.38. The van der Waals surface area contributed by atoms with E-state index in [2.05, 4.69) is 41.6 Å². The molecule has 0 radical (unpaired) electrons. The van der Waals surface area contributed by atoms with Gasteiger partial charge in [-0.25, -0.2) is 4.79 Å². The van der Waals surface area contributed by atoms with E-state index in [4.69, 9.17) is 9.26 Å². The van der Waals surface area contributed by atoms with Gasteiger partial charge in [-0.3, -0.25) is 0 Å². The molecule has 0 fully saturated rings. The van der Waals surface area contributed by atoms with Gasteiger partial charge in [-0.2, -0.15) is 0 Å². The van der Waals surface area contributed by atoms with Crippen molar-refractivity contribution in [3.05, 3.63) is 65.4 Å². The molecule has 0 saturated heterocycles. The second kappa shape index (κ2) is 5.39. The van der Waals surface area contributed by atoms with Crippen molar-refractivity contribution < 1.29 is 14.1 Å². The maximum Gasteiger partial charge on any atom is 0.360 e. The Morgan fingerprint density at radius 3 is 2.83 bits per heavy atom. The van der Waals surface area contributed by atoms with Gasteiger partial charge >= 0.3 is 5.97 Å². The Bertz CT molecular complexity index is 895. The average molecular weight is 305 g/mol. The second-order valence-corrected chi connectivity index (χ2v) is 5.50. The number of nitrogens with zero attached hydrogens (tertiary/aromatic N) is 1. The molecule has 2 aromatic carbocycles. The number of hydrogen-bond acceptors (Lipinski definition) is 4. The van der Waals surface area contributed by atoms with Gasteiger partial charge in [-0.05, 0) is 41.7 Å². The van der Waals surface area contributed by atoms with E-state index in [9.17, 15) is 4.79 Å². The van der Waals surface area contributed by atoms with Crippen LogP contribution in [-0.2, 0) is 11.2 Å². The molecule has 1 aliphatic carbocycles. The quantitative estimate of drug-likeness (QED) is 0.535. The van der Waals surface area contributed by atoms with Crippen LogP contribution in [0.25, 0.3) is 22.5 Å². The molecule has 1 heterocycles. The summed E-state index contributed by atoms with van der Waals surface area (Å²) in [6.45, 7) is 2.08. The van der Waals surface area contributed by atoms with E-state index in [1.807, 2.05) is 6.07 Å². The fraction of sp³-hybridized carbons (Fsp3) is 0.158. The van der Waals surface area contributed by atoms with E-state index in [0.29, 0.717) is 12.4 Å². The van der Waals surface area contributed by atoms with Gasteiger partial charge in [0.05, 0.1) is 6.61 Å². The van der Waals surface area contributed by atoms with Crippen molar-refractivity contribution in [2.45, 2.75) is 13.3 Å². The number of carbonyl (C=O) groups excluding carboxylic acids is 1. The van der Waals surface area contributed by atoms with E-state index in [0.717, 1.165) is 12.0 Å². The van der Waals surface area contributed by atoms with Gasteiger partial charge in [0.2, 0.25) is 0 Å². The Balaban J connectivity index is 1.67. The van der Waals surface area contributed by atoms with Crippen LogP contribution in [0.3, 0.4) is 0 Å². The largest absolute Gasteiger partial charge is 0.461 e. The van der Waals surface area contributed by atoms with Crippen LogP contribution in [-0.4, -0.2) is 17.7 Å². The van der Waals surface area contributed by atoms with Crippen LogP contribution in [0, 0.1) is 0 Å². The van der Waals surface area contributed by atoms with Crippen molar-refractivity contribution in [3.63, 3.8) is 0 Å². The monoisotopic (exact) mass is 305 g/mol. The molecular weight excluding hydrogens is 290 g/mol. The smallest absolute Gasteiger partial charge is 0.360 e. The third-order valence-electron chi connectivity index (χ3n) is 4.07. The molecule has 0 unspecified atom stereocenters. The van der Waals surface area contributed by atoms with Gasteiger partial charge < -0.3 is 9.26 Å². The summed E-state index contributed by atoms with van der Waals surface area (Å²) in [4.78, 5) is 11.7. The maximum atomic E-state index is 11.7. The minimum absolute atomic E-state index is 0.200. The lowest BCUT2D eigenvalue weighted by molar-refractivity contribution is 0.0514. The second-order valence-electron chi connectivity index (χ2n) is 5.50. The zero-order valence-corrected chi connectivity index (χ0v) is 12.7. The SMILES string of the molecule is CCOC(=O)c1cc(-c2ccc3c(c2)Cc2ccccc2-3)on1. The molecule has 4 nitrogen and oxygen atoms in total. The third kappa shape index (κ3) is 2.32. The zero-order chi connectivity index (χ0) is 15.8. The van der Waals surface area contributed by atoms with E-state index in [-0.39, 0.29) is 5.69 Å². The van der Waals surface area contributed by atoms with E-state index in [1.54, 1.807) is 13.0 Å². The van der Waals surface area contributed by atoms with Gasteiger partial charge in [0.1, 0.15) is 0 Å². The lowest BCUT2D eigenvalue weighted by atomic mass is 10.0. The van der Waals surface area contributed by atoms with E-state index in [1.165, 1.54) is 22.3 Å². The Hall–Kier alpha value is -2.88. The summed E-state index contributed by atoms with van der Waals surface area (Å²) >= 11 is 0. The Morgan fingerprint density at radius 1 is 1.13 bits per heavy atom. The predicted molar refractivity (Wildman–Crippen MR) is 86.1 cm³/mol. The van der Waals surface area contributed by atoms with Crippen molar-refractivity contribution >= 4 is 5.97 Å². The predicted octanol–water partition coefficient (Wildman–Crippen LogP) is 4.09. The summed E-state index contributed by atoms with van der Waals surface area (Å²) < 4.78 is 10.2. The number of rotatable bonds is 3. The molecule has 0 N–H and O–H groups in total. The summed E-state index contributed by atoms with van der Waals surface area (Å²) in [6, 6.07) is 16.3. The number of fused-ring (bicyclic) bond motifs is 3. The van der Waals surface area contributed by atoms with Crippen LogP contribution in [0.1, 0.15) is 28.5 Å². The normalized spacial score (nSPS) is 11.9. The average Bonchev–Trinajstić information content (AvgIpc) is 3.19. The summed E-state index contributed by atoms with van der Waals surface area (Å²) in [5.74, 6) is 0.114. The van der Waals surface area contributed by atoms with Crippen LogP contribution in [0.2, 0.25) is 0 Å². The molecule has 114 valence electrons. The fourth-order valence-electron chi connectivity index (χ4n) is 3.01. The first-order valence-electron chi connectivity index (χ1n) is 7.61. The van der Waals surface area contributed by atoms with Crippen molar-refractivity contribution in [1.82, 2.24) is 5.16 Å². The molecule has 4 rings (SSSR count). The van der Waals surface area contributed by atoms with Crippen molar-refractivity contribution in [2.24, 2.45) is 0 Å². The first-order valence-corrected chi connectivity index (χ1v) is 7.61. The summed E-state index contributed by atoms with van der Waals surface area (Å²) in [5, 5.41) is 3.79. The first kappa shape index (κ1) is 13.8. The number of carbonyl (C=O) groups is 1. The number of aromatic nitrogens is 1. The van der Waals surface area contributed by atoms with Crippen LogP contribution in [0.15, 0.2) is 53.1 Å². The molecule has 0 saturated carbocycles. The fourth-order valence-corrected chi connectivity index (χ4v) is 3.01. The van der Waals surface area contributed by atoms with E-state index >= 15 is 0 Å². The minimum Gasteiger partial charge on any atom is -0.461 e. The van der Waals surface area contributed by atoms with Crippen molar-refractivity contribution in [1.29, 1.82) is 0 Å². The van der Waals surface area contributed by atoms with Crippen molar-refractivity contribution in [3.8, 4) is 22.5 Å². The number of benzene rings is 2. The molecule has 0 spiro atoms. The topological polar surface area (TPSA) is 52.3 Å². The standard InChI is InChI=1S/C19H15NO3/c1-2-22-19(21)17-11-18(23-20-17)13-7-8-16-14(10-13)9-12-5-3-4-6-15(12)16/h3-8,10-11H,2,9H2,1H3. The molecule has 0 atom stereocenters. The minimum atomic E-state index is -0.462. The molecule has 4 heteroatoms. The summed E-state index contributed by atoms with van der Waals surface area (Å²) in [7, 11) is 0. The summed E-state index contributed by atoms with van der Waals surface area (Å²) in [6.07, 6.45) is 0.915. The van der Waals surface area contributed by atoms with Crippen LogP contribution >= 0.6 is 0 Å². The number of hydrogen-bond donors (Lipinski definition) is 0. The molecule has 0 bridgehead atoms. The molecule has 1 aliphatic rings. The van der Waals surface area contributed by atoms with Crippen LogP contribution in [0.5, 0.6) is 0 Å². The first-order chi connectivity index (χ1) is 11.3. The van der Waals surface area contributed by atoms with Crippen LogP contribution in [0.4, 0.5) is 0 Å². The number of ether oxygens (including phenoxy) is 1. The zero-order valence-electron chi connectivity index (χ0n) is 12.7. The van der Waals surface area contributed by atoms with Gasteiger partial charge in [0.25, 0.3) is 0 Å². The molecule has 0 aliphatic heterocycles. The summed E-state index contributed by atoms with van der Waals surface area (Å²) in [5.41, 5.74) is 6.26. The highest BCUT2D eigenvalue weighted by Gasteiger charge is 2.20. The Morgan fingerprint density at radius 2 is 1.96 bits per heavy atom. The Labute approximate surface area is 133 Å². The van der Waals surface area contributed by atoms with Gasteiger partial charge in [0, 0.05) is 11.6 Å². The van der Waals surface area contributed by atoms with Crippen LogP contribution < -0.4 is 0 Å². The molecule has 0 amide bonds. The molecular formula is C19H15NO3. The Kier molecular flexibility index (Phi) is 3.23. The number of esters is 1. The van der Waals surface area contributed by atoms with Gasteiger partial charge in [-0.15, -0.1) is 0 Å². The highest BCUT2D eigenvalue weighted by molar-refractivity contribution is 5.88. The molecule has 1 aromatic heterocycles. The highest BCUT2D eigenvalue weighted by atomic mass is 16.5.